The summed E-state index contributed by atoms with van der Waals surface area (Å²) in [5.41, 5.74) is 6.24. The first-order valence-electron chi connectivity index (χ1n) is 5.89. The van der Waals surface area contributed by atoms with Gasteiger partial charge < -0.3 is 20.5 Å². The maximum atomic E-state index is 11.7. The summed E-state index contributed by atoms with van der Waals surface area (Å²) in [6.45, 7) is 2.04. The van der Waals surface area contributed by atoms with Gasteiger partial charge in [-0.15, -0.1) is 0 Å². The average Bonchev–Trinajstić information content (AvgIpc) is 2.36. The summed E-state index contributed by atoms with van der Waals surface area (Å²) in [6, 6.07) is 6.90. The van der Waals surface area contributed by atoms with Gasteiger partial charge >= 0.3 is 0 Å². The molecule has 0 aromatic heterocycles. The Labute approximate surface area is 107 Å². The standard InChI is InChI=1S/C13H20N2O3/c1-10(9-16)15(2)13(17)6-7-18-12-5-3-4-11(14)8-12/h3-5,8,10,16H,6-7,9,14H2,1-2H3. The molecule has 0 spiro atoms. The zero-order valence-corrected chi connectivity index (χ0v) is 10.8. The molecule has 0 aliphatic heterocycles. The van der Waals surface area contributed by atoms with Gasteiger partial charge in [-0.2, -0.15) is 0 Å². The Morgan fingerprint density at radius 3 is 2.89 bits per heavy atom. The lowest BCUT2D eigenvalue weighted by atomic mass is 10.3. The number of amides is 1. The number of nitrogens with two attached hydrogens (primary N) is 1. The van der Waals surface area contributed by atoms with E-state index >= 15 is 0 Å². The predicted molar refractivity (Wildman–Crippen MR) is 70.3 cm³/mol. The summed E-state index contributed by atoms with van der Waals surface area (Å²) in [7, 11) is 1.67. The van der Waals surface area contributed by atoms with Gasteiger partial charge in [-0.1, -0.05) is 6.07 Å². The number of nitrogen functional groups attached to an aromatic ring is 1. The quantitative estimate of drug-likeness (QED) is 0.737. The van der Waals surface area contributed by atoms with Crippen molar-refractivity contribution in [2.75, 3.05) is 26.0 Å². The number of likely N-dealkylation sites (N-methyl/N-ethyl adjacent to an activating group) is 1. The van der Waals surface area contributed by atoms with Crippen LogP contribution in [0, 0.1) is 0 Å². The average molecular weight is 252 g/mol. The molecule has 0 fully saturated rings. The van der Waals surface area contributed by atoms with Gasteiger partial charge in [0.25, 0.3) is 0 Å². The van der Waals surface area contributed by atoms with Crippen molar-refractivity contribution in [2.24, 2.45) is 0 Å². The first-order chi connectivity index (χ1) is 8.54. The highest BCUT2D eigenvalue weighted by atomic mass is 16.5. The summed E-state index contributed by atoms with van der Waals surface area (Å²) >= 11 is 0. The third-order valence-electron chi connectivity index (χ3n) is 2.76. The van der Waals surface area contributed by atoms with E-state index in [-0.39, 0.29) is 25.0 Å². The van der Waals surface area contributed by atoms with Crippen LogP contribution in [0.4, 0.5) is 5.69 Å². The Balaban J connectivity index is 2.36. The highest BCUT2D eigenvalue weighted by Gasteiger charge is 2.14. The lowest BCUT2D eigenvalue weighted by Crippen LogP contribution is -2.37. The molecule has 5 nitrogen and oxygen atoms in total. The molecule has 3 N–H and O–H groups in total. The summed E-state index contributed by atoms with van der Waals surface area (Å²) < 4.78 is 5.43. The number of aliphatic hydroxyl groups is 1. The van der Waals surface area contributed by atoms with Gasteiger partial charge in [0.2, 0.25) is 5.91 Å². The molecule has 1 amide bonds. The Hall–Kier alpha value is -1.75. The maximum absolute atomic E-state index is 11.7. The smallest absolute Gasteiger partial charge is 0.226 e. The molecule has 1 atom stereocenters. The van der Waals surface area contributed by atoms with E-state index in [0.29, 0.717) is 18.0 Å². The fourth-order valence-electron chi connectivity index (χ4n) is 1.41. The zero-order valence-electron chi connectivity index (χ0n) is 10.8. The summed E-state index contributed by atoms with van der Waals surface area (Å²) in [5, 5.41) is 8.95. The van der Waals surface area contributed by atoms with Gasteiger partial charge in [0, 0.05) is 18.8 Å². The van der Waals surface area contributed by atoms with Crippen LogP contribution in [0.3, 0.4) is 0 Å². The number of rotatable bonds is 6. The summed E-state index contributed by atoms with van der Waals surface area (Å²) in [4.78, 5) is 13.2. The molecule has 100 valence electrons. The van der Waals surface area contributed by atoms with Crippen molar-refractivity contribution in [3.05, 3.63) is 24.3 Å². The Kier molecular flexibility index (Phi) is 5.45. The van der Waals surface area contributed by atoms with Crippen LogP contribution < -0.4 is 10.5 Å². The van der Waals surface area contributed by atoms with Crippen molar-refractivity contribution in [3.63, 3.8) is 0 Å². The van der Waals surface area contributed by atoms with Crippen molar-refractivity contribution < 1.29 is 14.6 Å². The topological polar surface area (TPSA) is 75.8 Å². The molecule has 1 unspecified atom stereocenters. The molecular formula is C13H20N2O3. The van der Waals surface area contributed by atoms with E-state index in [1.165, 1.54) is 4.90 Å². The summed E-state index contributed by atoms with van der Waals surface area (Å²) in [5.74, 6) is 0.598. The number of aliphatic hydroxyl groups excluding tert-OH is 1. The van der Waals surface area contributed by atoms with Gasteiger partial charge in [-0.3, -0.25) is 4.79 Å². The van der Waals surface area contributed by atoms with Gasteiger partial charge in [-0.05, 0) is 19.1 Å². The SMILES string of the molecule is CC(CO)N(C)C(=O)CCOc1cccc(N)c1. The molecule has 0 aliphatic carbocycles. The number of nitrogens with zero attached hydrogens (tertiary/aromatic N) is 1. The fourth-order valence-corrected chi connectivity index (χ4v) is 1.41. The van der Waals surface area contributed by atoms with Crippen molar-refractivity contribution in [3.8, 4) is 5.75 Å². The van der Waals surface area contributed by atoms with Crippen molar-refractivity contribution >= 4 is 11.6 Å². The second-order valence-corrected chi connectivity index (χ2v) is 4.21. The van der Waals surface area contributed by atoms with Crippen LogP contribution in [0.2, 0.25) is 0 Å². The lowest BCUT2D eigenvalue weighted by Gasteiger charge is -2.23. The minimum atomic E-state index is -0.176. The third-order valence-corrected chi connectivity index (χ3v) is 2.76. The zero-order chi connectivity index (χ0) is 13.5. The Bertz CT molecular complexity index is 396. The molecule has 0 radical (unpaired) electrons. The van der Waals surface area contributed by atoms with Gasteiger partial charge in [0.05, 0.1) is 25.7 Å². The second-order valence-electron chi connectivity index (χ2n) is 4.21. The molecule has 18 heavy (non-hydrogen) atoms. The Morgan fingerprint density at radius 1 is 1.56 bits per heavy atom. The highest BCUT2D eigenvalue weighted by Crippen LogP contribution is 2.14. The van der Waals surface area contributed by atoms with Crippen LogP contribution in [0.25, 0.3) is 0 Å². The predicted octanol–water partition coefficient (Wildman–Crippen LogP) is 0.877. The van der Waals surface area contributed by atoms with Crippen LogP contribution >= 0.6 is 0 Å². The van der Waals surface area contributed by atoms with E-state index < -0.39 is 0 Å². The van der Waals surface area contributed by atoms with Crippen LogP contribution in [0.1, 0.15) is 13.3 Å². The molecule has 0 bridgehead atoms. The monoisotopic (exact) mass is 252 g/mol. The first kappa shape index (κ1) is 14.3. The number of carbonyl (C=O) groups is 1. The number of hydrogen-bond donors (Lipinski definition) is 2. The van der Waals surface area contributed by atoms with Crippen LogP contribution in [0.15, 0.2) is 24.3 Å². The van der Waals surface area contributed by atoms with Gasteiger partial charge in [-0.25, -0.2) is 0 Å². The van der Waals surface area contributed by atoms with E-state index in [2.05, 4.69) is 0 Å². The van der Waals surface area contributed by atoms with E-state index in [1.54, 1.807) is 38.2 Å². The number of hydrogen-bond acceptors (Lipinski definition) is 4. The molecular weight excluding hydrogens is 232 g/mol. The van der Waals surface area contributed by atoms with E-state index in [9.17, 15) is 4.79 Å². The number of carbonyl (C=O) groups excluding carboxylic acids is 1. The van der Waals surface area contributed by atoms with E-state index in [0.717, 1.165) is 0 Å². The van der Waals surface area contributed by atoms with Crippen LogP contribution in [-0.2, 0) is 4.79 Å². The number of benzene rings is 1. The number of anilines is 1. The molecule has 1 aromatic carbocycles. The molecule has 1 aromatic rings. The van der Waals surface area contributed by atoms with Gasteiger partial charge in [0.15, 0.2) is 0 Å². The van der Waals surface area contributed by atoms with Crippen LogP contribution in [-0.4, -0.2) is 42.2 Å². The molecule has 5 heteroatoms. The molecule has 1 rings (SSSR count). The number of ether oxygens (including phenoxy) is 1. The molecule has 0 heterocycles. The van der Waals surface area contributed by atoms with Crippen molar-refractivity contribution in [1.82, 2.24) is 4.90 Å². The normalized spacial score (nSPS) is 11.9. The lowest BCUT2D eigenvalue weighted by molar-refractivity contribution is -0.132. The van der Waals surface area contributed by atoms with E-state index in [4.69, 9.17) is 15.6 Å². The summed E-state index contributed by atoms with van der Waals surface area (Å²) in [6.07, 6.45) is 0.273. The van der Waals surface area contributed by atoms with Crippen LogP contribution in [0.5, 0.6) is 5.75 Å². The first-order valence-corrected chi connectivity index (χ1v) is 5.89. The minimum absolute atomic E-state index is 0.0433. The largest absolute Gasteiger partial charge is 0.493 e. The van der Waals surface area contributed by atoms with E-state index in [1.807, 2.05) is 0 Å². The maximum Gasteiger partial charge on any atom is 0.226 e. The third kappa shape index (κ3) is 4.25. The van der Waals surface area contributed by atoms with Crippen molar-refractivity contribution in [2.45, 2.75) is 19.4 Å². The van der Waals surface area contributed by atoms with Crippen molar-refractivity contribution in [1.29, 1.82) is 0 Å². The fraction of sp³-hybridized carbons (Fsp3) is 0.462. The second kappa shape index (κ2) is 6.86. The molecule has 0 saturated heterocycles. The Morgan fingerprint density at radius 2 is 2.28 bits per heavy atom. The molecule has 0 aliphatic rings. The van der Waals surface area contributed by atoms with Gasteiger partial charge in [0.1, 0.15) is 5.75 Å². The molecule has 0 saturated carbocycles. The highest BCUT2D eigenvalue weighted by molar-refractivity contribution is 5.76. The minimum Gasteiger partial charge on any atom is -0.493 e.